The normalized spacial score (nSPS) is 11.9. The molecule has 0 fully saturated rings. The fourth-order valence-electron chi connectivity index (χ4n) is 1.63. The molecule has 0 aliphatic heterocycles. The molecule has 0 saturated carbocycles. The molecule has 0 radical (unpaired) electrons. The highest BCUT2D eigenvalue weighted by Crippen LogP contribution is 2.02. The molecule has 3 N–H and O–H groups in total. The number of carboxylic acid groups (broad SMARTS) is 1. The van der Waals surface area contributed by atoms with Crippen LogP contribution >= 0.6 is 0 Å². The Hall–Kier alpha value is -1.30. The van der Waals surface area contributed by atoms with Crippen molar-refractivity contribution in [3.63, 3.8) is 0 Å². The maximum absolute atomic E-state index is 11.4. The van der Waals surface area contributed by atoms with Gasteiger partial charge >= 0.3 is 12.0 Å². The van der Waals surface area contributed by atoms with E-state index in [1.54, 1.807) is 7.11 Å². The van der Waals surface area contributed by atoms with E-state index in [4.69, 9.17) is 9.84 Å². The summed E-state index contributed by atoms with van der Waals surface area (Å²) >= 11 is 0. The summed E-state index contributed by atoms with van der Waals surface area (Å²) in [4.78, 5) is 21.7. The number of ether oxygens (including phenoxy) is 1. The van der Waals surface area contributed by atoms with Gasteiger partial charge in [-0.2, -0.15) is 0 Å². The minimum absolute atomic E-state index is 0.159. The van der Waals surface area contributed by atoms with Crippen LogP contribution in [0.4, 0.5) is 4.79 Å². The Morgan fingerprint density at radius 1 is 1.16 bits per heavy atom. The lowest BCUT2D eigenvalue weighted by Crippen LogP contribution is -2.38. The van der Waals surface area contributed by atoms with Gasteiger partial charge in [0.15, 0.2) is 0 Å². The SMILES string of the molecule is COCC(C)CNC(=O)NCCCCCCC(=O)O. The third-order valence-corrected chi connectivity index (χ3v) is 2.67. The van der Waals surface area contributed by atoms with Gasteiger partial charge in [0.05, 0.1) is 6.61 Å². The van der Waals surface area contributed by atoms with Gasteiger partial charge in [-0.1, -0.05) is 19.8 Å². The lowest BCUT2D eigenvalue weighted by molar-refractivity contribution is -0.137. The summed E-state index contributed by atoms with van der Waals surface area (Å²) in [5.74, 6) is -0.450. The topological polar surface area (TPSA) is 87.7 Å². The van der Waals surface area contributed by atoms with E-state index in [9.17, 15) is 9.59 Å². The smallest absolute Gasteiger partial charge is 0.314 e. The molecule has 1 unspecified atom stereocenters. The number of carbonyl (C=O) groups excluding carboxylic acids is 1. The van der Waals surface area contributed by atoms with Crippen LogP contribution in [0.2, 0.25) is 0 Å². The first-order valence-corrected chi connectivity index (χ1v) is 6.78. The van der Waals surface area contributed by atoms with E-state index in [1.807, 2.05) is 6.92 Å². The summed E-state index contributed by atoms with van der Waals surface area (Å²) in [6.45, 7) is 3.85. The quantitative estimate of drug-likeness (QED) is 0.499. The summed E-state index contributed by atoms with van der Waals surface area (Å²) < 4.78 is 4.98. The summed E-state index contributed by atoms with van der Waals surface area (Å²) in [6.07, 6.45) is 3.64. The molecule has 6 nitrogen and oxygen atoms in total. The number of hydrogen-bond acceptors (Lipinski definition) is 3. The first-order valence-electron chi connectivity index (χ1n) is 6.78. The number of nitrogens with one attached hydrogen (secondary N) is 2. The Kier molecular flexibility index (Phi) is 11.0. The van der Waals surface area contributed by atoms with E-state index < -0.39 is 5.97 Å². The zero-order chi connectivity index (χ0) is 14.5. The van der Waals surface area contributed by atoms with Crippen LogP contribution < -0.4 is 10.6 Å². The number of urea groups is 1. The van der Waals surface area contributed by atoms with Crippen molar-refractivity contribution in [2.45, 2.75) is 39.0 Å². The van der Waals surface area contributed by atoms with Crippen LogP contribution in [0.5, 0.6) is 0 Å². The predicted octanol–water partition coefficient (Wildman–Crippen LogP) is 1.60. The third-order valence-electron chi connectivity index (χ3n) is 2.67. The van der Waals surface area contributed by atoms with Crippen molar-refractivity contribution in [2.75, 3.05) is 26.8 Å². The van der Waals surface area contributed by atoms with Crippen molar-refractivity contribution in [1.82, 2.24) is 10.6 Å². The minimum Gasteiger partial charge on any atom is -0.481 e. The predicted molar refractivity (Wildman–Crippen MR) is 73.2 cm³/mol. The van der Waals surface area contributed by atoms with Crippen molar-refractivity contribution in [3.05, 3.63) is 0 Å². The van der Waals surface area contributed by atoms with Gasteiger partial charge < -0.3 is 20.5 Å². The number of carboxylic acids is 1. The fourth-order valence-corrected chi connectivity index (χ4v) is 1.63. The second-order valence-electron chi connectivity index (χ2n) is 4.76. The molecule has 112 valence electrons. The standard InChI is InChI=1S/C13H26N2O4/c1-11(10-19-2)9-15-13(18)14-8-6-4-3-5-7-12(16)17/h11H,3-10H2,1-2H3,(H,16,17)(H2,14,15,18). The number of hydrogen-bond donors (Lipinski definition) is 3. The van der Waals surface area contributed by atoms with Gasteiger partial charge in [-0.05, 0) is 18.8 Å². The number of amides is 2. The van der Waals surface area contributed by atoms with Gasteiger partial charge in [0.1, 0.15) is 0 Å². The second kappa shape index (κ2) is 11.8. The van der Waals surface area contributed by atoms with E-state index in [-0.39, 0.29) is 12.5 Å². The van der Waals surface area contributed by atoms with E-state index in [1.165, 1.54) is 0 Å². The average Bonchev–Trinajstić information content (AvgIpc) is 2.35. The molecular formula is C13H26N2O4. The van der Waals surface area contributed by atoms with Gasteiger partial charge in [-0.15, -0.1) is 0 Å². The number of methoxy groups -OCH3 is 1. The van der Waals surface area contributed by atoms with Crippen LogP contribution in [-0.2, 0) is 9.53 Å². The molecule has 2 amide bonds. The summed E-state index contributed by atoms with van der Waals surface area (Å²) in [7, 11) is 1.64. The molecule has 0 spiro atoms. The summed E-state index contributed by atoms with van der Waals surface area (Å²) in [5, 5.41) is 14.0. The Balaban J connectivity index is 3.31. The summed E-state index contributed by atoms with van der Waals surface area (Å²) in [6, 6.07) is -0.159. The molecule has 0 rings (SSSR count). The first kappa shape index (κ1) is 17.7. The van der Waals surface area contributed by atoms with Crippen LogP contribution in [0.3, 0.4) is 0 Å². The maximum Gasteiger partial charge on any atom is 0.314 e. The van der Waals surface area contributed by atoms with Crippen LogP contribution in [0.25, 0.3) is 0 Å². The molecular weight excluding hydrogens is 248 g/mol. The fraction of sp³-hybridized carbons (Fsp3) is 0.846. The van der Waals surface area contributed by atoms with Crippen molar-refractivity contribution >= 4 is 12.0 Å². The molecule has 0 aliphatic carbocycles. The van der Waals surface area contributed by atoms with Crippen LogP contribution in [-0.4, -0.2) is 43.9 Å². The molecule has 0 bridgehead atoms. The van der Waals surface area contributed by atoms with Gasteiger partial charge in [-0.25, -0.2) is 4.79 Å². The van der Waals surface area contributed by atoms with Crippen molar-refractivity contribution in [1.29, 1.82) is 0 Å². The van der Waals surface area contributed by atoms with Gasteiger partial charge in [0, 0.05) is 26.6 Å². The maximum atomic E-state index is 11.4. The Labute approximate surface area is 114 Å². The highest BCUT2D eigenvalue weighted by molar-refractivity contribution is 5.73. The van der Waals surface area contributed by atoms with Gasteiger partial charge in [0.25, 0.3) is 0 Å². The molecule has 0 aliphatic rings. The molecule has 0 aromatic carbocycles. The number of rotatable bonds is 11. The van der Waals surface area contributed by atoms with Crippen molar-refractivity contribution in [2.24, 2.45) is 5.92 Å². The average molecular weight is 274 g/mol. The number of unbranched alkanes of at least 4 members (excludes halogenated alkanes) is 3. The molecule has 0 saturated heterocycles. The largest absolute Gasteiger partial charge is 0.481 e. The molecule has 0 aromatic rings. The molecule has 6 heteroatoms. The molecule has 19 heavy (non-hydrogen) atoms. The van der Waals surface area contributed by atoms with Crippen molar-refractivity contribution in [3.8, 4) is 0 Å². The second-order valence-corrected chi connectivity index (χ2v) is 4.76. The molecule has 0 heterocycles. The highest BCUT2D eigenvalue weighted by atomic mass is 16.5. The monoisotopic (exact) mass is 274 g/mol. The lowest BCUT2D eigenvalue weighted by Gasteiger charge is -2.12. The number of aliphatic carboxylic acids is 1. The Morgan fingerprint density at radius 3 is 2.47 bits per heavy atom. The first-order chi connectivity index (χ1) is 9.06. The number of carbonyl (C=O) groups is 2. The van der Waals surface area contributed by atoms with Crippen molar-refractivity contribution < 1.29 is 19.4 Å². The van der Waals surface area contributed by atoms with Crippen LogP contribution in [0.1, 0.15) is 39.0 Å². The zero-order valence-corrected chi connectivity index (χ0v) is 11.9. The highest BCUT2D eigenvalue weighted by Gasteiger charge is 2.04. The Bertz CT molecular complexity index is 259. The van der Waals surface area contributed by atoms with E-state index in [0.29, 0.717) is 32.0 Å². The Morgan fingerprint density at radius 2 is 1.84 bits per heavy atom. The van der Waals surface area contributed by atoms with Crippen LogP contribution in [0.15, 0.2) is 0 Å². The van der Waals surface area contributed by atoms with Crippen LogP contribution in [0, 0.1) is 5.92 Å². The zero-order valence-electron chi connectivity index (χ0n) is 11.9. The van der Waals surface area contributed by atoms with E-state index in [0.717, 1.165) is 19.3 Å². The third kappa shape index (κ3) is 12.9. The molecule has 0 aromatic heterocycles. The van der Waals surface area contributed by atoms with Gasteiger partial charge in [-0.3, -0.25) is 4.79 Å². The van der Waals surface area contributed by atoms with Gasteiger partial charge in [0.2, 0.25) is 0 Å². The summed E-state index contributed by atoms with van der Waals surface area (Å²) in [5.41, 5.74) is 0. The van der Waals surface area contributed by atoms with E-state index >= 15 is 0 Å². The molecule has 1 atom stereocenters. The van der Waals surface area contributed by atoms with E-state index in [2.05, 4.69) is 10.6 Å². The minimum atomic E-state index is -0.748. The lowest BCUT2D eigenvalue weighted by atomic mass is 10.1.